The zero-order valence-electron chi connectivity index (χ0n) is 15.1. The summed E-state index contributed by atoms with van der Waals surface area (Å²) in [5.41, 5.74) is 0.560. The third kappa shape index (κ3) is 3.43. The maximum Gasteiger partial charge on any atom is 0.259 e. The Morgan fingerprint density at radius 1 is 1.27 bits per heavy atom. The SMILES string of the molecule is C[C@H](Nc1ncc2cc(-c3ccccc3Cl)c(=O)n(C)c2n1)C(C)(C)O. The fraction of sp³-hybridized carbons (Fsp3) is 0.316. The molecule has 0 fully saturated rings. The van der Waals surface area contributed by atoms with Crippen molar-refractivity contribution in [2.24, 2.45) is 7.05 Å². The minimum atomic E-state index is -0.932. The number of pyridine rings is 1. The Bertz CT molecular complexity index is 1020. The largest absolute Gasteiger partial charge is 0.388 e. The van der Waals surface area contributed by atoms with Crippen LogP contribution in [0.1, 0.15) is 20.8 Å². The van der Waals surface area contributed by atoms with E-state index in [2.05, 4.69) is 15.3 Å². The van der Waals surface area contributed by atoms with Crippen LogP contribution in [-0.4, -0.2) is 31.3 Å². The molecule has 2 heterocycles. The number of hydrogen-bond donors (Lipinski definition) is 2. The standard InChI is InChI=1S/C19H21ClN4O2/c1-11(19(2,3)26)22-18-21-10-12-9-14(13-7-5-6-8-15(13)20)17(25)24(4)16(12)23-18/h5-11,26H,1-4H3,(H,21,22,23)/t11-/m0/s1. The van der Waals surface area contributed by atoms with Crippen molar-refractivity contribution in [3.05, 3.63) is 51.9 Å². The van der Waals surface area contributed by atoms with Crippen LogP contribution in [0.15, 0.2) is 41.3 Å². The van der Waals surface area contributed by atoms with Gasteiger partial charge in [0, 0.05) is 34.8 Å². The van der Waals surface area contributed by atoms with E-state index in [9.17, 15) is 9.90 Å². The Morgan fingerprint density at radius 3 is 2.62 bits per heavy atom. The molecule has 3 aromatic rings. The first-order valence-corrected chi connectivity index (χ1v) is 8.67. The van der Waals surface area contributed by atoms with Gasteiger partial charge in [0.25, 0.3) is 5.56 Å². The lowest BCUT2D eigenvalue weighted by Gasteiger charge is -2.26. The Labute approximate surface area is 156 Å². The predicted octanol–water partition coefficient (Wildman–Crippen LogP) is 3.22. The molecule has 0 aliphatic heterocycles. The molecule has 0 radical (unpaired) electrons. The van der Waals surface area contributed by atoms with E-state index in [-0.39, 0.29) is 11.6 Å². The minimum Gasteiger partial charge on any atom is -0.388 e. The summed E-state index contributed by atoms with van der Waals surface area (Å²) in [7, 11) is 1.67. The van der Waals surface area contributed by atoms with Crippen LogP contribution < -0.4 is 10.9 Å². The molecular weight excluding hydrogens is 352 g/mol. The van der Waals surface area contributed by atoms with Gasteiger partial charge in [0.15, 0.2) is 0 Å². The van der Waals surface area contributed by atoms with Crippen LogP contribution >= 0.6 is 11.6 Å². The zero-order valence-corrected chi connectivity index (χ0v) is 15.9. The van der Waals surface area contributed by atoms with E-state index < -0.39 is 5.60 Å². The van der Waals surface area contributed by atoms with Crippen molar-refractivity contribution in [2.75, 3.05) is 5.32 Å². The van der Waals surface area contributed by atoms with E-state index in [1.165, 1.54) is 4.57 Å². The molecule has 1 aromatic carbocycles. The molecule has 0 bridgehead atoms. The molecule has 26 heavy (non-hydrogen) atoms. The van der Waals surface area contributed by atoms with Gasteiger partial charge in [0.2, 0.25) is 5.95 Å². The van der Waals surface area contributed by atoms with Crippen LogP contribution in [0.5, 0.6) is 0 Å². The minimum absolute atomic E-state index is 0.189. The first-order chi connectivity index (χ1) is 12.2. The van der Waals surface area contributed by atoms with Crippen molar-refractivity contribution < 1.29 is 5.11 Å². The average Bonchev–Trinajstić information content (AvgIpc) is 2.58. The Kier molecular flexibility index (Phi) is 4.73. The van der Waals surface area contributed by atoms with Crippen molar-refractivity contribution in [3.8, 4) is 11.1 Å². The molecule has 136 valence electrons. The average molecular weight is 373 g/mol. The monoisotopic (exact) mass is 372 g/mol. The first kappa shape index (κ1) is 18.4. The van der Waals surface area contributed by atoms with Crippen LogP contribution in [0.2, 0.25) is 5.02 Å². The van der Waals surface area contributed by atoms with Crippen LogP contribution in [0.25, 0.3) is 22.2 Å². The number of benzene rings is 1. The third-order valence-electron chi connectivity index (χ3n) is 4.52. The second-order valence-electron chi connectivity index (χ2n) is 6.89. The molecule has 0 unspecified atom stereocenters. The molecule has 0 spiro atoms. The lowest BCUT2D eigenvalue weighted by molar-refractivity contribution is 0.0646. The molecule has 2 N–H and O–H groups in total. The molecule has 7 heteroatoms. The quantitative estimate of drug-likeness (QED) is 0.735. The van der Waals surface area contributed by atoms with E-state index in [0.717, 1.165) is 5.39 Å². The molecular formula is C19H21ClN4O2. The van der Waals surface area contributed by atoms with Crippen molar-refractivity contribution >= 4 is 28.6 Å². The van der Waals surface area contributed by atoms with Gasteiger partial charge in [-0.25, -0.2) is 4.98 Å². The van der Waals surface area contributed by atoms with Gasteiger partial charge < -0.3 is 10.4 Å². The van der Waals surface area contributed by atoms with Crippen molar-refractivity contribution in [1.82, 2.24) is 14.5 Å². The fourth-order valence-electron chi connectivity index (χ4n) is 2.56. The molecule has 0 saturated carbocycles. The summed E-state index contributed by atoms with van der Waals surface area (Å²) < 4.78 is 1.48. The number of nitrogens with zero attached hydrogens (tertiary/aromatic N) is 3. The summed E-state index contributed by atoms with van der Waals surface area (Å²) in [4.78, 5) is 21.6. The number of fused-ring (bicyclic) bond motifs is 1. The van der Waals surface area contributed by atoms with Crippen LogP contribution in [-0.2, 0) is 7.05 Å². The summed E-state index contributed by atoms with van der Waals surface area (Å²) >= 11 is 6.25. The second kappa shape index (κ2) is 6.70. The molecule has 1 atom stereocenters. The number of aryl methyl sites for hydroxylation is 1. The predicted molar refractivity (Wildman–Crippen MR) is 105 cm³/mol. The topological polar surface area (TPSA) is 80.0 Å². The highest BCUT2D eigenvalue weighted by atomic mass is 35.5. The highest BCUT2D eigenvalue weighted by Crippen LogP contribution is 2.27. The molecule has 3 rings (SSSR count). The lowest BCUT2D eigenvalue weighted by atomic mass is 10.0. The van der Waals surface area contributed by atoms with Gasteiger partial charge in [0.05, 0.1) is 11.6 Å². The number of hydrogen-bond acceptors (Lipinski definition) is 5. The fourth-order valence-corrected chi connectivity index (χ4v) is 2.80. The van der Waals surface area contributed by atoms with Gasteiger partial charge in [-0.3, -0.25) is 9.36 Å². The van der Waals surface area contributed by atoms with Gasteiger partial charge in [0.1, 0.15) is 5.65 Å². The van der Waals surface area contributed by atoms with E-state index in [0.29, 0.717) is 27.7 Å². The summed E-state index contributed by atoms with van der Waals surface area (Å²) in [6, 6.07) is 8.71. The molecule has 0 amide bonds. The van der Waals surface area contributed by atoms with Gasteiger partial charge in [-0.1, -0.05) is 29.8 Å². The van der Waals surface area contributed by atoms with Crippen LogP contribution in [0, 0.1) is 0 Å². The number of aliphatic hydroxyl groups is 1. The summed E-state index contributed by atoms with van der Waals surface area (Å²) in [5.74, 6) is 0.354. The number of nitrogens with one attached hydrogen (secondary N) is 1. The molecule has 2 aromatic heterocycles. The number of anilines is 1. The van der Waals surface area contributed by atoms with Crippen LogP contribution in [0.3, 0.4) is 0 Å². The number of rotatable bonds is 4. The zero-order chi connectivity index (χ0) is 19.1. The maximum atomic E-state index is 12.8. The third-order valence-corrected chi connectivity index (χ3v) is 4.85. The summed E-state index contributed by atoms with van der Waals surface area (Å²) in [5, 5.41) is 14.4. The molecule has 0 aliphatic rings. The first-order valence-electron chi connectivity index (χ1n) is 8.29. The van der Waals surface area contributed by atoms with Gasteiger partial charge >= 0.3 is 0 Å². The van der Waals surface area contributed by atoms with Gasteiger partial charge in [-0.05, 0) is 32.9 Å². The van der Waals surface area contributed by atoms with Crippen molar-refractivity contribution in [3.63, 3.8) is 0 Å². The van der Waals surface area contributed by atoms with Gasteiger partial charge in [-0.2, -0.15) is 4.98 Å². The van der Waals surface area contributed by atoms with Crippen molar-refractivity contribution in [2.45, 2.75) is 32.4 Å². The van der Waals surface area contributed by atoms with E-state index >= 15 is 0 Å². The highest BCUT2D eigenvalue weighted by molar-refractivity contribution is 6.33. The highest BCUT2D eigenvalue weighted by Gasteiger charge is 2.23. The van der Waals surface area contributed by atoms with Gasteiger partial charge in [-0.15, -0.1) is 0 Å². The summed E-state index contributed by atoms with van der Waals surface area (Å²) in [6.45, 7) is 5.25. The Balaban J connectivity index is 2.11. The normalized spacial score (nSPS) is 13.0. The smallest absolute Gasteiger partial charge is 0.259 e. The maximum absolute atomic E-state index is 12.8. The number of aromatic nitrogens is 3. The number of halogens is 1. The Hall–Kier alpha value is -2.44. The lowest BCUT2D eigenvalue weighted by Crippen LogP contribution is -2.39. The molecule has 0 aliphatic carbocycles. The van der Waals surface area contributed by atoms with E-state index in [1.807, 2.05) is 25.1 Å². The van der Waals surface area contributed by atoms with E-state index in [1.54, 1.807) is 39.2 Å². The van der Waals surface area contributed by atoms with E-state index in [4.69, 9.17) is 11.6 Å². The summed E-state index contributed by atoms with van der Waals surface area (Å²) in [6.07, 6.45) is 1.65. The molecule has 0 saturated heterocycles. The molecule has 6 nitrogen and oxygen atoms in total. The second-order valence-corrected chi connectivity index (χ2v) is 7.30. The van der Waals surface area contributed by atoms with Crippen LogP contribution in [0.4, 0.5) is 5.95 Å². The van der Waals surface area contributed by atoms with Crippen molar-refractivity contribution in [1.29, 1.82) is 0 Å². The Morgan fingerprint density at radius 2 is 1.96 bits per heavy atom.